The fourth-order valence-corrected chi connectivity index (χ4v) is 4.05. The van der Waals surface area contributed by atoms with E-state index in [4.69, 9.17) is 4.74 Å². The third kappa shape index (κ3) is 4.21. The maximum absolute atomic E-state index is 12.6. The van der Waals surface area contributed by atoms with Crippen molar-refractivity contribution in [3.05, 3.63) is 67.9 Å². The van der Waals surface area contributed by atoms with Crippen molar-refractivity contribution in [2.24, 2.45) is 4.99 Å². The summed E-state index contributed by atoms with van der Waals surface area (Å²) in [5.41, 5.74) is 1.35. The lowest BCUT2D eigenvalue weighted by Gasteiger charge is -2.15. The molecule has 2 heterocycles. The fourth-order valence-electron chi connectivity index (χ4n) is 4.05. The van der Waals surface area contributed by atoms with Gasteiger partial charge in [-0.1, -0.05) is 29.8 Å². The zero-order chi connectivity index (χ0) is 22.7. The number of aromatic nitrogens is 2. The number of carbonyl (C=O) groups is 1. The number of esters is 1. The molecule has 2 aliphatic rings. The molecule has 0 bridgehead atoms. The molecular formula is C24H25N3O5. The Hall–Kier alpha value is -3.68. The van der Waals surface area contributed by atoms with Crippen LogP contribution < -0.4 is 11.2 Å². The van der Waals surface area contributed by atoms with Crippen molar-refractivity contribution >= 4 is 29.0 Å². The molecule has 0 atom stereocenters. The van der Waals surface area contributed by atoms with Gasteiger partial charge in [0.1, 0.15) is 5.56 Å². The van der Waals surface area contributed by atoms with Gasteiger partial charge in [0.05, 0.1) is 12.3 Å². The number of benzene rings is 1. The zero-order valence-corrected chi connectivity index (χ0v) is 17.9. The highest BCUT2D eigenvalue weighted by molar-refractivity contribution is 6.58. The van der Waals surface area contributed by atoms with Gasteiger partial charge in [0.15, 0.2) is 5.71 Å². The van der Waals surface area contributed by atoms with E-state index in [1.807, 2.05) is 0 Å². The van der Waals surface area contributed by atoms with Gasteiger partial charge in [0, 0.05) is 17.7 Å². The smallest absolute Gasteiger partial charge is 0.357 e. The highest BCUT2D eigenvalue weighted by Gasteiger charge is 2.28. The molecule has 1 aromatic carbocycles. The number of ether oxygens (including phenoxy) is 1. The quantitative estimate of drug-likeness (QED) is 0.534. The molecule has 0 fully saturated rings. The molecule has 1 aliphatic carbocycles. The molecule has 2 N–H and O–H groups in total. The predicted molar refractivity (Wildman–Crippen MR) is 122 cm³/mol. The van der Waals surface area contributed by atoms with Crippen LogP contribution in [-0.2, 0) is 16.1 Å². The van der Waals surface area contributed by atoms with E-state index < -0.39 is 23.1 Å². The van der Waals surface area contributed by atoms with Crippen LogP contribution in [0.1, 0.15) is 50.2 Å². The van der Waals surface area contributed by atoms with Gasteiger partial charge >= 0.3 is 11.7 Å². The second kappa shape index (κ2) is 9.21. The number of allylic oxidation sites excluding steroid dienone is 2. The number of para-hydroxylation sites is 1. The Balaban J connectivity index is 1.76. The van der Waals surface area contributed by atoms with E-state index in [0.717, 1.165) is 30.3 Å². The molecule has 0 saturated carbocycles. The molecular weight excluding hydrogens is 410 g/mol. The lowest BCUT2D eigenvalue weighted by atomic mass is 9.97. The van der Waals surface area contributed by atoms with Crippen LogP contribution in [-0.4, -0.2) is 32.9 Å². The summed E-state index contributed by atoms with van der Waals surface area (Å²) >= 11 is 0. The molecule has 166 valence electrons. The zero-order valence-electron chi connectivity index (χ0n) is 17.9. The summed E-state index contributed by atoms with van der Waals surface area (Å²) in [6.07, 6.45) is 8.47. The molecule has 4 rings (SSSR count). The number of hydrogen-bond donors (Lipinski definition) is 2. The number of fused-ring (bicyclic) bond motifs is 1. The Kier molecular flexibility index (Phi) is 6.20. The molecule has 1 aliphatic heterocycles. The van der Waals surface area contributed by atoms with Crippen molar-refractivity contribution in [1.82, 2.24) is 9.55 Å². The maximum Gasteiger partial charge on any atom is 0.357 e. The molecule has 0 unspecified atom stereocenters. The third-order valence-electron chi connectivity index (χ3n) is 5.69. The van der Waals surface area contributed by atoms with E-state index in [0.29, 0.717) is 23.2 Å². The number of rotatable bonds is 6. The molecule has 0 radical (unpaired) electrons. The monoisotopic (exact) mass is 435 g/mol. The summed E-state index contributed by atoms with van der Waals surface area (Å²) in [5, 5.41) is 10.8. The molecule has 2 aromatic rings. The minimum Gasteiger partial charge on any atom is -0.494 e. The normalized spacial score (nSPS) is 16.5. The summed E-state index contributed by atoms with van der Waals surface area (Å²) in [6.45, 7) is 2.12. The number of aromatic hydroxyl groups is 1. The van der Waals surface area contributed by atoms with Crippen molar-refractivity contribution in [3.8, 4) is 5.88 Å². The topological polar surface area (TPSA) is 114 Å². The minimum absolute atomic E-state index is 0.0527. The van der Waals surface area contributed by atoms with E-state index in [9.17, 15) is 19.5 Å². The molecule has 0 saturated heterocycles. The molecule has 1 aromatic heterocycles. The van der Waals surface area contributed by atoms with E-state index in [1.54, 1.807) is 31.2 Å². The molecule has 32 heavy (non-hydrogen) atoms. The Morgan fingerprint density at radius 2 is 2.09 bits per heavy atom. The molecule has 8 heteroatoms. The van der Waals surface area contributed by atoms with Crippen LogP contribution in [0.25, 0.3) is 11.6 Å². The van der Waals surface area contributed by atoms with Crippen molar-refractivity contribution in [1.29, 1.82) is 0 Å². The van der Waals surface area contributed by atoms with E-state index in [2.05, 4.69) is 16.1 Å². The summed E-state index contributed by atoms with van der Waals surface area (Å²) < 4.78 is 6.27. The van der Waals surface area contributed by atoms with Gasteiger partial charge in [-0.2, -0.15) is 0 Å². The summed E-state index contributed by atoms with van der Waals surface area (Å²) in [6, 6.07) is 7.10. The standard InChI is InChI=1S/C24H25N3O5/c1-2-32-23(30)20-17(16-10-6-7-11-19(16)25-20)14-18-21(28)26-24(31)27(22(18)29)13-12-15-8-4-3-5-9-15/h6-8,10-11,14,29H,2-5,9,12-13H2,1H3,(H,26,28,31). The number of nitrogens with zero attached hydrogens (tertiary/aromatic N) is 2. The first-order valence-electron chi connectivity index (χ1n) is 10.8. The number of H-pyrrole nitrogens is 1. The van der Waals surface area contributed by atoms with Crippen LogP contribution in [0.2, 0.25) is 0 Å². The predicted octanol–water partition coefficient (Wildman–Crippen LogP) is 3.32. The van der Waals surface area contributed by atoms with Gasteiger partial charge in [-0.3, -0.25) is 14.3 Å². The van der Waals surface area contributed by atoms with Crippen molar-refractivity contribution in [2.45, 2.75) is 45.6 Å². The SMILES string of the molecule is CCOC(=O)C1=Nc2ccccc2C1=Cc1c(O)n(CCC2=CCCCC2)c(=O)[nH]c1=O. The second-order valence-electron chi connectivity index (χ2n) is 7.76. The van der Waals surface area contributed by atoms with Crippen LogP contribution in [0.15, 0.2) is 50.5 Å². The van der Waals surface area contributed by atoms with Gasteiger partial charge in [0.2, 0.25) is 5.88 Å². The van der Waals surface area contributed by atoms with Gasteiger partial charge in [-0.25, -0.2) is 14.6 Å². The van der Waals surface area contributed by atoms with E-state index in [-0.39, 0.29) is 24.4 Å². The first-order chi connectivity index (χ1) is 15.5. The van der Waals surface area contributed by atoms with Crippen LogP contribution in [0, 0.1) is 0 Å². The van der Waals surface area contributed by atoms with Gasteiger partial charge in [0.25, 0.3) is 5.56 Å². The first-order valence-corrected chi connectivity index (χ1v) is 10.8. The summed E-state index contributed by atoms with van der Waals surface area (Å²) in [5.74, 6) is -1.06. The molecule has 8 nitrogen and oxygen atoms in total. The van der Waals surface area contributed by atoms with E-state index >= 15 is 0 Å². The molecule has 0 amide bonds. The molecule has 0 spiro atoms. The summed E-state index contributed by atoms with van der Waals surface area (Å²) in [4.78, 5) is 44.1. The van der Waals surface area contributed by atoms with Crippen LogP contribution in [0.4, 0.5) is 5.69 Å². The largest absolute Gasteiger partial charge is 0.494 e. The number of hydrogen-bond acceptors (Lipinski definition) is 6. The fraction of sp³-hybridized carbons (Fsp3) is 0.333. The Bertz CT molecular complexity index is 1260. The Morgan fingerprint density at radius 3 is 2.84 bits per heavy atom. The highest BCUT2D eigenvalue weighted by atomic mass is 16.5. The lowest BCUT2D eigenvalue weighted by Crippen LogP contribution is -2.31. The van der Waals surface area contributed by atoms with Crippen molar-refractivity contribution < 1.29 is 14.6 Å². The number of carbonyl (C=O) groups excluding carboxylic acids is 1. The first kappa shape index (κ1) is 21.5. The number of nitrogens with one attached hydrogen (secondary N) is 1. The average Bonchev–Trinajstić information content (AvgIpc) is 3.16. The van der Waals surface area contributed by atoms with Crippen LogP contribution >= 0.6 is 0 Å². The summed E-state index contributed by atoms with van der Waals surface area (Å²) in [7, 11) is 0. The van der Waals surface area contributed by atoms with Crippen molar-refractivity contribution in [2.75, 3.05) is 6.61 Å². The third-order valence-corrected chi connectivity index (χ3v) is 5.69. The van der Waals surface area contributed by atoms with E-state index in [1.165, 1.54) is 11.6 Å². The Labute approximate surface area is 184 Å². The highest BCUT2D eigenvalue weighted by Crippen LogP contribution is 2.36. The second-order valence-corrected chi connectivity index (χ2v) is 7.76. The van der Waals surface area contributed by atoms with Gasteiger partial charge < -0.3 is 9.84 Å². The number of aliphatic imine (C=N–C) groups is 1. The van der Waals surface area contributed by atoms with Gasteiger partial charge in [-0.05, 0) is 51.2 Å². The minimum atomic E-state index is -0.735. The van der Waals surface area contributed by atoms with Crippen LogP contribution in [0.3, 0.4) is 0 Å². The number of aromatic amines is 1. The van der Waals surface area contributed by atoms with Gasteiger partial charge in [-0.15, -0.1) is 0 Å². The van der Waals surface area contributed by atoms with Crippen LogP contribution in [0.5, 0.6) is 5.88 Å². The lowest BCUT2D eigenvalue weighted by molar-refractivity contribution is -0.134. The Morgan fingerprint density at radius 1 is 1.28 bits per heavy atom. The maximum atomic E-state index is 12.6. The van der Waals surface area contributed by atoms with Crippen molar-refractivity contribution in [3.63, 3.8) is 0 Å². The average molecular weight is 435 g/mol.